The molecule has 1 unspecified atom stereocenters. The molecule has 1 aliphatic rings. The van der Waals surface area contributed by atoms with Crippen LogP contribution in [0.3, 0.4) is 0 Å². The maximum absolute atomic E-state index is 12.0. The fourth-order valence-corrected chi connectivity index (χ4v) is 2.69. The SMILES string of the molecule is CCOC(=O)C1CCCCN1Cc1ccccc1C. The molecule has 0 aromatic heterocycles. The topological polar surface area (TPSA) is 29.5 Å². The zero-order chi connectivity index (χ0) is 13.7. The first-order valence-electron chi connectivity index (χ1n) is 7.17. The monoisotopic (exact) mass is 261 g/mol. The normalized spacial score (nSPS) is 20.2. The number of aryl methyl sites for hydroxylation is 1. The van der Waals surface area contributed by atoms with Crippen LogP contribution in [-0.4, -0.2) is 30.1 Å². The lowest BCUT2D eigenvalue weighted by Gasteiger charge is -2.34. The van der Waals surface area contributed by atoms with E-state index in [2.05, 4.69) is 36.1 Å². The molecule has 0 spiro atoms. The van der Waals surface area contributed by atoms with Gasteiger partial charge in [-0.3, -0.25) is 9.69 Å². The summed E-state index contributed by atoms with van der Waals surface area (Å²) in [5.41, 5.74) is 2.59. The van der Waals surface area contributed by atoms with Gasteiger partial charge in [0.05, 0.1) is 6.61 Å². The summed E-state index contributed by atoms with van der Waals surface area (Å²) in [6, 6.07) is 8.32. The second kappa shape index (κ2) is 6.71. The van der Waals surface area contributed by atoms with Crippen LogP contribution in [0.1, 0.15) is 37.3 Å². The van der Waals surface area contributed by atoms with Crippen LogP contribution in [-0.2, 0) is 16.1 Å². The Labute approximate surface area is 115 Å². The number of hydrogen-bond donors (Lipinski definition) is 0. The molecule has 104 valence electrons. The molecule has 0 N–H and O–H groups in total. The molecule has 3 nitrogen and oxygen atoms in total. The van der Waals surface area contributed by atoms with E-state index in [1.807, 2.05) is 6.92 Å². The van der Waals surface area contributed by atoms with Crippen molar-refractivity contribution in [3.63, 3.8) is 0 Å². The van der Waals surface area contributed by atoms with Crippen molar-refractivity contribution in [1.82, 2.24) is 4.90 Å². The Kier molecular flexibility index (Phi) is 4.97. The number of ether oxygens (including phenoxy) is 1. The van der Waals surface area contributed by atoms with Crippen LogP contribution < -0.4 is 0 Å². The van der Waals surface area contributed by atoms with E-state index < -0.39 is 0 Å². The average Bonchev–Trinajstić information content (AvgIpc) is 2.42. The van der Waals surface area contributed by atoms with Gasteiger partial charge in [-0.15, -0.1) is 0 Å². The summed E-state index contributed by atoms with van der Waals surface area (Å²) in [6.45, 7) is 6.28. The zero-order valence-corrected chi connectivity index (χ0v) is 11.9. The van der Waals surface area contributed by atoms with Gasteiger partial charge in [-0.1, -0.05) is 30.7 Å². The first-order valence-corrected chi connectivity index (χ1v) is 7.17. The molecule has 0 aliphatic carbocycles. The van der Waals surface area contributed by atoms with Crippen molar-refractivity contribution in [2.45, 2.75) is 45.7 Å². The van der Waals surface area contributed by atoms with Crippen molar-refractivity contribution < 1.29 is 9.53 Å². The van der Waals surface area contributed by atoms with E-state index in [1.165, 1.54) is 17.5 Å². The van der Waals surface area contributed by atoms with Crippen LogP contribution in [0.4, 0.5) is 0 Å². The number of piperidine rings is 1. The summed E-state index contributed by atoms with van der Waals surface area (Å²) in [4.78, 5) is 14.3. The van der Waals surface area contributed by atoms with Gasteiger partial charge in [-0.2, -0.15) is 0 Å². The Hall–Kier alpha value is -1.35. The smallest absolute Gasteiger partial charge is 0.323 e. The van der Waals surface area contributed by atoms with Crippen molar-refractivity contribution in [2.24, 2.45) is 0 Å². The summed E-state index contributed by atoms with van der Waals surface area (Å²) in [5, 5.41) is 0. The maximum atomic E-state index is 12.0. The molecule has 1 aliphatic heterocycles. The summed E-state index contributed by atoms with van der Waals surface area (Å²) in [7, 11) is 0. The molecule has 0 amide bonds. The van der Waals surface area contributed by atoms with Crippen molar-refractivity contribution >= 4 is 5.97 Å². The standard InChI is InChI=1S/C16H23NO2/c1-3-19-16(18)15-10-6-7-11-17(15)12-14-9-5-4-8-13(14)2/h4-5,8-9,15H,3,6-7,10-12H2,1-2H3. The number of rotatable bonds is 4. The number of carbonyl (C=O) groups excluding carboxylic acids is 1. The number of carbonyl (C=O) groups is 1. The Bertz CT molecular complexity index is 431. The fraction of sp³-hybridized carbons (Fsp3) is 0.562. The minimum atomic E-state index is -0.0618. The highest BCUT2D eigenvalue weighted by molar-refractivity contribution is 5.75. The third-order valence-corrected chi connectivity index (χ3v) is 3.81. The number of hydrogen-bond acceptors (Lipinski definition) is 3. The first kappa shape index (κ1) is 14.1. The average molecular weight is 261 g/mol. The first-order chi connectivity index (χ1) is 9.22. The molecule has 1 saturated heterocycles. The molecule has 1 atom stereocenters. The Balaban J connectivity index is 2.07. The van der Waals surface area contributed by atoms with Crippen LogP contribution >= 0.6 is 0 Å². The molecular formula is C16H23NO2. The van der Waals surface area contributed by atoms with Gasteiger partial charge in [0.1, 0.15) is 6.04 Å². The Morgan fingerprint density at radius 1 is 1.37 bits per heavy atom. The summed E-state index contributed by atoms with van der Waals surface area (Å²) < 4.78 is 5.20. The Morgan fingerprint density at radius 2 is 2.16 bits per heavy atom. The molecule has 1 aromatic rings. The fourth-order valence-electron chi connectivity index (χ4n) is 2.69. The van der Waals surface area contributed by atoms with Crippen LogP contribution in [0.15, 0.2) is 24.3 Å². The van der Waals surface area contributed by atoms with E-state index in [0.29, 0.717) is 6.61 Å². The summed E-state index contributed by atoms with van der Waals surface area (Å²) in [5.74, 6) is -0.0595. The van der Waals surface area contributed by atoms with Crippen molar-refractivity contribution in [1.29, 1.82) is 0 Å². The minimum Gasteiger partial charge on any atom is -0.465 e. The molecular weight excluding hydrogens is 238 g/mol. The van der Waals surface area contributed by atoms with Crippen molar-refractivity contribution in [2.75, 3.05) is 13.2 Å². The van der Waals surface area contributed by atoms with Gasteiger partial charge in [0.2, 0.25) is 0 Å². The molecule has 0 radical (unpaired) electrons. The molecule has 0 saturated carbocycles. The van der Waals surface area contributed by atoms with Gasteiger partial charge in [0.25, 0.3) is 0 Å². The van der Waals surface area contributed by atoms with Crippen LogP contribution in [0, 0.1) is 6.92 Å². The number of nitrogens with zero attached hydrogens (tertiary/aromatic N) is 1. The molecule has 1 aromatic carbocycles. The molecule has 19 heavy (non-hydrogen) atoms. The van der Waals surface area contributed by atoms with E-state index in [1.54, 1.807) is 0 Å². The van der Waals surface area contributed by atoms with Crippen molar-refractivity contribution in [3.05, 3.63) is 35.4 Å². The van der Waals surface area contributed by atoms with E-state index in [-0.39, 0.29) is 12.0 Å². The van der Waals surface area contributed by atoms with Gasteiger partial charge < -0.3 is 4.74 Å². The van der Waals surface area contributed by atoms with E-state index in [9.17, 15) is 4.79 Å². The third-order valence-electron chi connectivity index (χ3n) is 3.81. The number of likely N-dealkylation sites (tertiary alicyclic amines) is 1. The van der Waals surface area contributed by atoms with Gasteiger partial charge in [0, 0.05) is 6.54 Å². The predicted octanol–water partition coefficient (Wildman–Crippen LogP) is 2.91. The van der Waals surface area contributed by atoms with Gasteiger partial charge in [0.15, 0.2) is 0 Å². The Morgan fingerprint density at radius 3 is 2.89 bits per heavy atom. The number of esters is 1. The summed E-state index contributed by atoms with van der Waals surface area (Å²) >= 11 is 0. The molecule has 1 heterocycles. The van der Waals surface area contributed by atoms with E-state index >= 15 is 0 Å². The van der Waals surface area contributed by atoms with E-state index in [4.69, 9.17) is 4.74 Å². The lowest BCUT2D eigenvalue weighted by molar-refractivity contribution is -0.151. The second-order valence-corrected chi connectivity index (χ2v) is 5.16. The quantitative estimate of drug-likeness (QED) is 0.780. The highest BCUT2D eigenvalue weighted by Crippen LogP contribution is 2.21. The van der Waals surface area contributed by atoms with E-state index in [0.717, 1.165) is 25.9 Å². The zero-order valence-electron chi connectivity index (χ0n) is 11.9. The molecule has 2 rings (SSSR count). The number of benzene rings is 1. The lowest BCUT2D eigenvalue weighted by atomic mass is 10.00. The van der Waals surface area contributed by atoms with Crippen LogP contribution in [0.25, 0.3) is 0 Å². The van der Waals surface area contributed by atoms with Crippen molar-refractivity contribution in [3.8, 4) is 0 Å². The predicted molar refractivity (Wildman–Crippen MR) is 75.9 cm³/mol. The molecule has 0 bridgehead atoms. The largest absolute Gasteiger partial charge is 0.465 e. The van der Waals surface area contributed by atoms with Gasteiger partial charge in [-0.05, 0) is 44.4 Å². The minimum absolute atomic E-state index is 0.0595. The second-order valence-electron chi connectivity index (χ2n) is 5.16. The van der Waals surface area contributed by atoms with Gasteiger partial charge >= 0.3 is 5.97 Å². The highest BCUT2D eigenvalue weighted by Gasteiger charge is 2.29. The lowest BCUT2D eigenvalue weighted by Crippen LogP contribution is -2.45. The maximum Gasteiger partial charge on any atom is 0.323 e. The van der Waals surface area contributed by atoms with Crippen LogP contribution in [0.5, 0.6) is 0 Å². The van der Waals surface area contributed by atoms with Crippen LogP contribution in [0.2, 0.25) is 0 Å². The van der Waals surface area contributed by atoms with Gasteiger partial charge in [-0.25, -0.2) is 0 Å². The highest BCUT2D eigenvalue weighted by atomic mass is 16.5. The third kappa shape index (κ3) is 3.57. The molecule has 1 fully saturated rings. The summed E-state index contributed by atoms with van der Waals surface area (Å²) in [6.07, 6.45) is 3.21. The molecule has 3 heteroatoms.